The van der Waals surface area contributed by atoms with Crippen molar-refractivity contribution >= 4 is 0 Å². The van der Waals surface area contributed by atoms with Gasteiger partial charge >= 0.3 is 21.1 Å². The van der Waals surface area contributed by atoms with E-state index in [2.05, 4.69) is 22.1 Å². The molecule has 0 saturated carbocycles. The molecule has 0 saturated heterocycles. The van der Waals surface area contributed by atoms with Gasteiger partial charge in [0.25, 0.3) is 0 Å². The van der Waals surface area contributed by atoms with Crippen LogP contribution in [0.5, 0.6) is 11.8 Å². The molecule has 2 aromatic heterocycles. The van der Waals surface area contributed by atoms with Gasteiger partial charge in [-0.25, -0.2) is 0 Å². The van der Waals surface area contributed by atoms with Crippen LogP contribution in [0.4, 0.5) is 0 Å². The quantitative estimate of drug-likeness (QED) is 0.257. The van der Waals surface area contributed by atoms with E-state index in [9.17, 15) is 0 Å². The van der Waals surface area contributed by atoms with Crippen molar-refractivity contribution in [2.75, 3.05) is 6.79 Å². The summed E-state index contributed by atoms with van der Waals surface area (Å²) < 4.78 is 11.2. The Balaban J connectivity index is 0.00000225. The van der Waals surface area contributed by atoms with E-state index in [-0.39, 0.29) is 27.9 Å². The van der Waals surface area contributed by atoms with Gasteiger partial charge in [0.1, 0.15) is 0 Å². The van der Waals surface area contributed by atoms with Crippen molar-refractivity contribution in [3.8, 4) is 34.3 Å². The molecule has 0 aliphatic heterocycles. The fraction of sp³-hybridized carbons (Fsp3) is 0.0435. The van der Waals surface area contributed by atoms with Crippen LogP contribution in [0.1, 0.15) is 0 Å². The minimum atomic E-state index is 0. The number of hydrogen-bond acceptors (Lipinski definition) is 4. The van der Waals surface area contributed by atoms with E-state index in [1.807, 2.05) is 72.8 Å². The van der Waals surface area contributed by atoms with Crippen LogP contribution in [0.15, 0.2) is 84.9 Å². The summed E-state index contributed by atoms with van der Waals surface area (Å²) in [5.74, 6) is 0.967. The maximum atomic E-state index is 5.62. The SMILES string of the molecule is [Pt+2].[c-]1ccccc1-c1cccc(OCOc2cccc(-c3[c-]cccc3)n2)n1. The zero-order chi connectivity index (χ0) is 18.3. The molecule has 0 N–H and O–H groups in total. The molecule has 0 aliphatic carbocycles. The molecule has 0 fully saturated rings. The van der Waals surface area contributed by atoms with Crippen molar-refractivity contribution in [3.05, 3.63) is 97.1 Å². The number of pyridine rings is 2. The van der Waals surface area contributed by atoms with Crippen LogP contribution in [0.25, 0.3) is 22.5 Å². The molecular formula is C23H16N2O2Pt. The van der Waals surface area contributed by atoms with Gasteiger partial charge in [0, 0.05) is 0 Å². The van der Waals surface area contributed by atoms with Gasteiger partial charge in [-0.05, 0) is 23.5 Å². The maximum absolute atomic E-state index is 5.62. The predicted molar refractivity (Wildman–Crippen MR) is 103 cm³/mol. The Kier molecular flexibility index (Phi) is 6.93. The summed E-state index contributed by atoms with van der Waals surface area (Å²) in [4.78, 5) is 8.96. The molecule has 140 valence electrons. The van der Waals surface area contributed by atoms with Gasteiger partial charge in [-0.15, -0.1) is 71.8 Å². The second-order valence-corrected chi connectivity index (χ2v) is 5.68. The summed E-state index contributed by atoms with van der Waals surface area (Å²) in [7, 11) is 0. The van der Waals surface area contributed by atoms with Crippen molar-refractivity contribution < 1.29 is 30.5 Å². The van der Waals surface area contributed by atoms with E-state index >= 15 is 0 Å². The predicted octanol–water partition coefficient (Wildman–Crippen LogP) is 4.82. The van der Waals surface area contributed by atoms with Gasteiger partial charge in [0.15, 0.2) is 0 Å². The van der Waals surface area contributed by atoms with Crippen LogP contribution < -0.4 is 9.47 Å². The molecule has 2 aromatic carbocycles. The average molecular weight is 547 g/mol. The van der Waals surface area contributed by atoms with Crippen LogP contribution in [-0.2, 0) is 21.1 Å². The largest absolute Gasteiger partial charge is 2.00 e. The summed E-state index contributed by atoms with van der Waals surface area (Å²) in [6, 6.07) is 32.9. The van der Waals surface area contributed by atoms with E-state index in [1.165, 1.54) is 0 Å². The number of nitrogens with zero attached hydrogens (tertiary/aromatic N) is 2. The summed E-state index contributed by atoms with van der Waals surface area (Å²) in [5.41, 5.74) is 3.43. The molecule has 0 unspecified atom stereocenters. The second kappa shape index (κ2) is 9.82. The van der Waals surface area contributed by atoms with Gasteiger partial charge in [-0.1, -0.05) is 24.3 Å². The van der Waals surface area contributed by atoms with E-state index < -0.39 is 0 Å². The molecule has 2 heterocycles. The first-order valence-electron chi connectivity index (χ1n) is 8.52. The van der Waals surface area contributed by atoms with Crippen molar-refractivity contribution in [2.45, 2.75) is 0 Å². The normalized spacial score (nSPS) is 10.0. The van der Waals surface area contributed by atoms with Gasteiger partial charge < -0.3 is 9.47 Å². The first-order chi connectivity index (χ1) is 13.4. The number of aromatic nitrogens is 2. The van der Waals surface area contributed by atoms with Gasteiger partial charge in [0.2, 0.25) is 18.6 Å². The van der Waals surface area contributed by atoms with Gasteiger partial charge in [-0.2, -0.15) is 0 Å². The molecule has 5 heteroatoms. The standard InChI is InChI=1S/C23H16N2O2.Pt/c1-3-9-18(10-4-1)20-13-7-15-22(24-20)26-17-27-23-16-8-14-21(25-23)19-11-5-2-6-12-19;/h1-9,11,13-16H,17H2;/q-2;+2. The Morgan fingerprint density at radius 2 is 1.11 bits per heavy atom. The number of benzene rings is 2. The molecular weight excluding hydrogens is 531 g/mol. The van der Waals surface area contributed by atoms with E-state index in [1.54, 1.807) is 12.1 Å². The van der Waals surface area contributed by atoms with E-state index in [0.29, 0.717) is 11.8 Å². The topological polar surface area (TPSA) is 44.2 Å². The molecule has 0 radical (unpaired) electrons. The minimum absolute atomic E-state index is 0. The first-order valence-corrected chi connectivity index (χ1v) is 8.52. The van der Waals surface area contributed by atoms with Crippen molar-refractivity contribution in [2.24, 2.45) is 0 Å². The zero-order valence-corrected chi connectivity index (χ0v) is 17.1. The third-order valence-corrected chi connectivity index (χ3v) is 3.83. The van der Waals surface area contributed by atoms with Crippen LogP contribution in [0.3, 0.4) is 0 Å². The second-order valence-electron chi connectivity index (χ2n) is 5.68. The molecule has 4 aromatic rings. The van der Waals surface area contributed by atoms with Crippen LogP contribution >= 0.6 is 0 Å². The Labute approximate surface area is 178 Å². The molecule has 4 nitrogen and oxygen atoms in total. The number of rotatable bonds is 6. The number of hydrogen-bond donors (Lipinski definition) is 0. The zero-order valence-electron chi connectivity index (χ0n) is 14.8. The third-order valence-electron chi connectivity index (χ3n) is 3.83. The Morgan fingerprint density at radius 3 is 1.54 bits per heavy atom. The fourth-order valence-corrected chi connectivity index (χ4v) is 2.55. The van der Waals surface area contributed by atoms with E-state index in [4.69, 9.17) is 9.47 Å². The van der Waals surface area contributed by atoms with Crippen molar-refractivity contribution in [1.29, 1.82) is 0 Å². The monoisotopic (exact) mass is 547 g/mol. The summed E-state index contributed by atoms with van der Waals surface area (Å²) in [6.07, 6.45) is 0. The van der Waals surface area contributed by atoms with Crippen molar-refractivity contribution in [1.82, 2.24) is 9.97 Å². The molecule has 0 aliphatic rings. The van der Waals surface area contributed by atoms with Crippen molar-refractivity contribution in [3.63, 3.8) is 0 Å². The van der Waals surface area contributed by atoms with Crippen LogP contribution in [-0.4, -0.2) is 16.8 Å². The molecule has 28 heavy (non-hydrogen) atoms. The molecule has 0 spiro atoms. The van der Waals surface area contributed by atoms with Gasteiger partial charge in [0.05, 0.1) is 0 Å². The summed E-state index contributed by atoms with van der Waals surface area (Å²) >= 11 is 0. The van der Waals surface area contributed by atoms with Gasteiger partial charge in [-0.3, -0.25) is 9.97 Å². The number of ether oxygens (including phenoxy) is 2. The first kappa shape index (κ1) is 19.8. The molecule has 4 rings (SSSR count). The average Bonchev–Trinajstić information content (AvgIpc) is 2.75. The molecule has 0 bridgehead atoms. The Hall–Kier alpha value is -2.97. The van der Waals surface area contributed by atoms with E-state index in [0.717, 1.165) is 22.5 Å². The third kappa shape index (κ3) is 5.05. The smallest absolute Gasteiger partial charge is 0.441 e. The van der Waals surface area contributed by atoms with Crippen LogP contribution in [0.2, 0.25) is 0 Å². The summed E-state index contributed by atoms with van der Waals surface area (Å²) in [5, 5.41) is 0. The summed E-state index contributed by atoms with van der Waals surface area (Å²) in [6.45, 7) is 0.0178. The fourth-order valence-electron chi connectivity index (χ4n) is 2.55. The Morgan fingerprint density at radius 1 is 0.607 bits per heavy atom. The minimum Gasteiger partial charge on any atom is -0.441 e. The van der Waals surface area contributed by atoms with Crippen LogP contribution in [0, 0.1) is 12.1 Å². The molecule has 0 amide bonds. The molecule has 0 atom stereocenters. The Bertz CT molecular complexity index is 928. The maximum Gasteiger partial charge on any atom is 2.00 e.